The summed E-state index contributed by atoms with van der Waals surface area (Å²) >= 11 is 6.47. The molecule has 0 unspecified atom stereocenters. The molecule has 1 aliphatic heterocycles. The Morgan fingerprint density at radius 2 is 1.72 bits per heavy atom. The number of hydrazine groups is 1. The summed E-state index contributed by atoms with van der Waals surface area (Å²) in [5, 5.41) is 1.11. The number of nitrogens with one attached hydrogen (secondary N) is 1. The molecular weight excluding hydrogens is 440 g/mol. The van der Waals surface area contributed by atoms with Crippen LogP contribution in [0, 0.1) is 6.92 Å². The summed E-state index contributed by atoms with van der Waals surface area (Å²) in [6.07, 6.45) is 1.73. The predicted octanol–water partition coefficient (Wildman–Crippen LogP) is 5.12. The van der Waals surface area contributed by atoms with E-state index < -0.39 is 5.91 Å². The summed E-state index contributed by atoms with van der Waals surface area (Å²) in [5.41, 5.74) is 5.91. The van der Waals surface area contributed by atoms with Crippen LogP contribution in [-0.2, 0) is 11.4 Å². The van der Waals surface area contributed by atoms with Gasteiger partial charge in [-0.05, 0) is 49.0 Å². The van der Waals surface area contributed by atoms with E-state index in [1.54, 1.807) is 18.2 Å². The van der Waals surface area contributed by atoms with Crippen LogP contribution in [0.25, 0.3) is 6.08 Å². The second-order valence-electron chi connectivity index (χ2n) is 7.14. The van der Waals surface area contributed by atoms with E-state index in [-0.39, 0.29) is 10.2 Å². The van der Waals surface area contributed by atoms with Gasteiger partial charge in [0.15, 0.2) is 4.32 Å². The van der Waals surface area contributed by atoms with Crippen molar-refractivity contribution in [1.29, 1.82) is 0 Å². The van der Waals surface area contributed by atoms with E-state index in [0.29, 0.717) is 22.8 Å². The summed E-state index contributed by atoms with van der Waals surface area (Å²) in [6.45, 7) is 2.36. The Morgan fingerprint density at radius 1 is 1.03 bits per heavy atom. The highest BCUT2D eigenvalue weighted by atomic mass is 32.2. The van der Waals surface area contributed by atoms with Crippen LogP contribution in [-0.4, -0.2) is 21.1 Å². The molecule has 1 fully saturated rings. The van der Waals surface area contributed by atoms with Crippen molar-refractivity contribution in [3.8, 4) is 5.75 Å². The maximum Gasteiger partial charge on any atom is 0.285 e. The second-order valence-corrected chi connectivity index (χ2v) is 8.81. The van der Waals surface area contributed by atoms with Gasteiger partial charge >= 0.3 is 0 Å². The van der Waals surface area contributed by atoms with Crippen molar-refractivity contribution in [3.63, 3.8) is 0 Å². The first-order valence-corrected chi connectivity index (χ1v) is 11.1. The zero-order valence-corrected chi connectivity index (χ0v) is 18.9. The monoisotopic (exact) mass is 460 g/mol. The van der Waals surface area contributed by atoms with Gasteiger partial charge < -0.3 is 4.74 Å². The first-order valence-electron chi connectivity index (χ1n) is 9.92. The number of benzene rings is 3. The molecule has 0 spiro atoms. The van der Waals surface area contributed by atoms with E-state index in [1.807, 2.05) is 73.7 Å². The zero-order chi connectivity index (χ0) is 22.5. The smallest absolute Gasteiger partial charge is 0.285 e. The first-order chi connectivity index (χ1) is 15.5. The van der Waals surface area contributed by atoms with E-state index in [1.165, 1.54) is 0 Å². The predicted molar refractivity (Wildman–Crippen MR) is 131 cm³/mol. The van der Waals surface area contributed by atoms with E-state index in [0.717, 1.165) is 33.5 Å². The van der Waals surface area contributed by atoms with Crippen molar-refractivity contribution in [1.82, 2.24) is 10.4 Å². The minimum Gasteiger partial charge on any atom is -0.488 e. The summed E-state index contributed by atoms with van der Waals surface area (Å²) in [5.74, 6) is -0.113. The molecule has 5 nitrogen and oxygen atoms in total. The fourth-order valence-corrected chi connectivity index (χ4v) is 4.21. The number of carbonyl (C=O) groups excluding carboxylic acids is 2. The molecule has 7 heteroatoms. The molecule has 0 aromatic heterocycles. The number of hydrogen-bond donors (Lipinski definition) is 1. The standard InChI is InChI=1S/C25H20N2O3S2/c1-17-11-13-19(14-12-17)23(28)26-27-24(29)22(32-25(27)31)15-20-9-5-6-10-21(20)30-16-18-7-3-2-4-8-18/h2-15H,16H2,1H3,(H,26,28)/b22-15-. The first kappa shape index (κ1) is 21.8. The molecule has 0 aliphatic carbocycles. The lowest BCUT2D eigenvalue weighted by atomic mass is 10.1. The SMILES string of the molecule is Cc1ccc(C(=O)NN2C(=O)/C(=C/c3ccccc3OCc3ccccc3)SC2=S)cc1. The highest BCUT2D eigenvalue weighted by molar-refractivity contribution is 8.26. The Morgan fingerprint density at radius 3 is 2.47 bits per heavy atom. The highest BCUT2D eigenvalue weighted by Crippen LogP contribution is 2.33. The molecule has 0 radical (unpaired) electrons. The van der Waals surface area contributed by atoms with Gasteiger partial charge in [-0.15, -0.1) is 0 Å². The fourth-order valence-electron chi connectivity index (χ4n) is 3.04. The average molecular weight is 461 g/mol. The van der Waals surface area contributed by atoms with E-state index >= 15 is 0 Å². The molecule has 1 aliphatic rings. The van der Waals surface area contributed by atoms with Crippen LogP contribution in [0.5, 0.6) is 5.75 Å². The van der Waals surface area contributed by atoms with E-state index in [2.05, 4.69) is 5.43 Å². The fraction of sp³-hybridized carbons (Fsp3) is 0.0800. The molecule has 160 valence electrons. The number of rotatable bonds is 6. The van der Waals surface area contributed by atoms with Crippen molar-refractivity contribution in [2.75, 3.05) is 0 Å². The molecule has 32 heavy (non-hydrogen) atoms. The lowest BCUT2D eigenvalue weighted by Gasteiger charge is -2.15. The average Bonchev–Trinajstić information content (AvgIpc) is 3.07. The molecule has 4 rings (SSSR count). The van der Waals surface area contributed by atoms with Gasteiger partial charge in [-0.3, -0.25) is 15.0 Å². The van der Waals surface area contributed by atoms with E-state index in [4.69, 9.17) is 17.0 Å². The van der Waals surface area contributed by atoms with E-state index in [9.17, 15) is 9.59 Å². The Hall–Kier alpha value is -3.42. The maximum absolute atomic E-state index is 12.9. The lowest BCUT2D eigenvalue weighted by Crippen LogP contribution is -2.44. The van der Waals surface area contributed by atoms with Gasteiger partial charge in [0.2, 0.25) is 0 Å². The zero-order valence-electron chi connectivity index (χ0n) is 17.3. The molecule has 0 saturated carbocycles. The van der Waals surface area contributed by atoms with Crippen LogP contribution in [0.3, 0.4) is 0 Å². The van der Waals surface area contributed by atoms with Gasteiger partial charge in [0, 0.05) is 11.1 Å². The number of carbonyl (C=O) groups is 2. The molecule has 1 heterocycles. The van der Waals surface area contributed by atoms with Crippen molar-refractivity contribution in [2.45, 2.75) is 13.5 Å². The summed E-state index contributed by atoms with van der Waals surface area (Å²) in [6, 6.07) is 24.4. The molecule has 3 aromatic carbocycles. The number of thiocarbonyl (C=S) groups is 1. The van der Waals surface area contributed by atoms with Crippen molar-refractivity contribution in [3.05, 3.63) is 106 Å². The third kappa shape index (κ3) is 5.07. The summed E-state index contributed by atoms with van der Waals surface area (Å²) in [7, 11) is 0. The quantitative estimate of drug-likeness (QED) is 0.409. The summed E-state index contributed by atoms with van der Waals surface area (Å²) in [4.78, 5) is 25.9. The maximum atomic E-state index is 12.9. The van der Waals surface area contributed by atoms with Crippen LogP contribution in [0.15, 0.2) is 83.8 Å². The molecule has 1 saturated heterocycles. The number of para-hydroxylation sites is 1. The Labute approximate surface area is 196 Å². The highest BCUT2D eigenvalue weighted by Gasteiger charge is 2.34. The van der Waals surface area contributed by atoms with Crippen molar-refractivity contribution >= 4 is 46.2 Å². The second kappa shape index (κ2) is 9.80. The largest absolute Gasteiger partial charge is 0.488 e. The van der Waals surface area contributed by atoms with Crippen LogP contribution in [0.4, 0.5) is 0 Å². The Bertz CT molecular complexity index is 1190. The number of thioether (sulfide) groups is 1. The minimum atomic E-state index is -0.394. The minimum absolute atomic E-state index is 0.268. The van der Waals surface area contributed by atoms with Gasteiger partial charge in [-0.1, -0.05) is 78.0 Å². The number of nitrogens with zero attached hydrogens (tertiary/aromatic N) is 1. The van der Waals surface area contributed by atoms with Crippen LogP contribution < -0.4 is 10.2 Å². The third-order valence-corrected chi connectivity index (χ3v) is 6.07. The molecule has 0 bridgehead atoms. The molecular formula is C25H20N2O3S2. The number of ether oxygens (including phenoxy) is 1. The Balaban J connectivity index is 1.49. The third-order valence-electron chi connectivity index (χ3n) is 4.76. The Kier molecular flexibility index (Phi) is 6.68. The van der Waals surface area contributed by atoms with Crippen molar-refractivity contribution in [2.24, 2.45) is 0 Å². The van der Waals surface area contributed by atoms with Gasteiger partial charge in [0.05, 0.1) is 4.91 Å². The number of amides is 2. The lowest BCUT2D eigenvalue weighted by molar-refractivity contribution is -0.123. The van der Waals surface area contributed by atoms with Gasteiger partial charge in [-0.2, -0.15) is 5.01 Å². The topological polar surface area (TPSA) is 58.6 Å². The van der Waals surface area contributed by atoms with Crippen LogP contribution in [0.2, 0.25) is 0 Å². The van der Waals surface area contributed by atoms with Gasteiger partial charge in [-0.25, -0.2) is 0 Å². The van der Waals surface area contributed by atoms with Crippen LogP contribution in [0.1, 0.15) is 27.0 Å². The van der Waals surface area contributed by atoms with Gasteiger partial charge in [0.1, 0.15) is 12.4 Å². The molecule has 0 atom stereocenters. The van der Waals surface area contributed by atoms with Crippen LogP contribution >= 0.6 is 24.0 Å². The normalized spacial score (nSPS) is 14.7. The van der Waals surface area contributed by atoms with Gasteiger partial charge in [0.25, 0.3) is 11.8 Å². The molecule has 1 N–H and O–H groups in total. The summed E-state index contributed by atoms with van der Waals surface area (Å²) < 4.78 is 6.24. The molecule has 3 aromatic rings. The number of aryl methyl sites for hydroxylation is 1. The number of hydrogen-bond acceptors (Lipinski definition) is 5. The van der Waals surface area contributed by atoms with Crippen molar-refractivity contribution < 1.29 is 14.3 Å². The molecule has 2 amide bonds.